The van der Waals surface area contributed by atoms with Gasteiger partial charge >= 0.3 is 0 Å². The molecule has 1 amide bonds. The number of carbonyl (C=O) groups excluding carboxylic acids is 1. The van der Waals surface area contributed by atoms with Gasteiger partial charge in [-0.3, -0.25) is 4.79 Å². The number of hydrogen-bond acceptors (Lipinski definition) is 1. The predicted molar refractivity (Wildman–Crippen MR) is 52.7 cm³/mol. The van der Waals surface area contributed by atoms with Gasteiger partial charge in [-0.1, -0.05) is 53.9 Å². The zero-order chi connectivity index (χ0) is 9.61. The SMILES string of the molecule is CC/C=C/CNC(=O)C(Cl)(Cl)Cl. The summed E-state index contributed by atoms with van der Waals surface area (Å²) < 4.78 is -1.86. The Morgan fingerprint density at radius 2 is 2.00 bits per heavy atom. The van der Waals surface area contributed by atoms with Gasteiger partial charge in [0.1, 0.15) is 0 Å². The standard InChI is InChI=1S/C7H10Cl3NO/c1-2-3-4-5-11-6(12)7(8,9)10/h3-4H,2,5H2,1H3,(H,11,12)/b4-3+. The highest BCUT2D eigenvalue weighted by atomic mass is 35.6. The summed E-state index contributed by atoms with van der Waals surface area (Å²) in [5, 5.41) is 2.44. The maximum absolute atomic E-state index is 10.9. The predicted octanol–water partition coefficient (Wildman–Crippen LogP) is 2.44. The summed E-state index contributed by atoms with van der Waals surface area (Å²) >= 11 is 15.9. The molecule has 0 aliphatic rings. The molecule has 0 aliphatic carbocycles. The van der Waals surface area contributed by atoms with E-state index in [1.54, 1.807) is 6.08 Å². The van der Waals surface area contributed by atoms with E-state index in [0.29, 0.717) is 6.54 Å². The van der Waals surface area contributed by atoms with E-state index in [0.717, 1.165) is 6.42 Å². The summed E-state index contributed by atoms with van der Waals surface area (Å²) in [7, 11) is 0. The lowest BCUT2D eigenvalue weighted by molar-refractivity contribution is -0.120. The lowest BCUT2D eigenvalue weighted by atomic mass is 10.4. The van der Waals surface area contributed by atoms with Gasteiger partial charge in [0.25, 0.3) is 9.70 Å². The van der Waals surface area contributed by atoms with Crippen molar-refractivity contribution in [2.45, 2.75) is 17.1 Å². The Kier molecular flexibility index (Phi) is 5.72. The van der Waals surface area contributed by atoms with Crippen molar-refractivity contribution in [1.29, 1.82) is 0 Å². The number of amides is 1. The Morgan fingerprint density at radius 1 is 1.42 bits per heavy atom. The fourth-order valence-electron chi connectivity index (χ4n) is 0.502. The molecule has 0 bridgehead atoms. The number of hydrogen-bond donors (Lipinski definition) is 1. The number of rotatable bonds is 3. The van der Waals surface area contributed by atoms with E-state index in [-0.39, 0.29) is 0 Å². The number of carbonyl (C=O) groups is 1. The van der Waals surface area contributed by atoms with Crippen molar-refractivity contribution < 1.29 is 4.79 Å². The molecule has 70 valence electrons. The molecule has 0 aromatic rings. The lowest BCUT2D eigenvalue weighted by Crippen LogP contribution is -2.34. The Morgan fingerprint density at radius 3 is 2.42 bits per heavy atom. The van der Waals surface area contributed by atoms with Crippen molar-refractivity contribution >= 4 is 40.7 Å². The highest BCUT2D eigenvalue weighted by molar-refractivity contribution is 6.76. The minimum absolute atomic E-state index is 0.389. The van der Waals surface area contributed by atoms with Crippen LogP contribution in [0.1, 0.15) is 13.3 Å². The maximum Gasteiger partial charge on any atom is 0.272 e. The molecule has 0 aromatic heterocycles. The number of nitrogens with one attached hydrogen (secondary N) is 1. The van der Waals surface area contributed by atoms with Gasteiger partial charge in [0.2, 0.25) is 0 Å². The van der Waals surface area contributed by atoms with Crippen LogP contribution in [0.3, 0.4) is 0 Å². The van der Waals surface area contributed by atoms with Crippen LogP contribution in [-0.4, -0.2) is 16.2 Å². The summed E-state index contributed by atoms with van der Waals surface area (Å²) in [4.78, 5) is 10.9. The molecule has 0 saturated carbocycles. The number of allylic oxidation sites excluding steroid dienone is 1. The van der Waals surface area contributed by atoms with Crippen LogP contribution in [-0.2, 0) is 4.79 Å². The van der Waals surface area contributed by atoms with Crippen LogP contribution in [0.5, 0.6) is 0 Å². The zero-order valence-electron chi connectivity index (χ0n) is 6.61. The second-order valence-electron chi connectivity index (χ2n) is 2.09. The van der Waals surface area contributed by atoms with Gasteiger partial charge in [0.15, 0.2) is 0 Å². The van der Waals surface area contributed by atoms with Gasteiger partial charge in [0, 0.05) is 6.54 Å². The minimum Gasteiger partial charge on any atom is -0.349 e. The van der Waals surface area contributed by atoms with Gasteiger partial charge < -0.3 is 5.32 Å². The smallest absolute Gasteiger partial charge is 0.272 e. The van der Waals surface area contributed by atoms with Crippen LogP contribution in [0, 0.1) is 0 Å². The van der Waals surface area contributed by atoms with Gasteiger partial charge in [-0.2, -0.15) is 0 Å². The molecule has 0 heterocycles. The Bertz CT molecular complexity index is 174. The van der Waals surface area contributed by atoms with E-state index in [1.165, 1.54) is 0 Å². The van der Waals surface area contributed by atoms with E-state index < -0.39 is 9.70 Å². The fraction of sp³-hybridized carbons (Fsp3) is 0.571. The van der Waals surface area contributed by atoms with Crippen molar-refractivity contribution in [2.24, 2.45) is 0 Å². The van der Waals surface area contributed by atoms with Crippen molar-refractivity contribution in [3.05, 3.63) is 12.2 Å². The van der Waals surface area contributed by atoms with Gasteiger partial charge in [-0.15, -0.1) is 0 Å². The van der Waals surface area contributed by atoms with E-state index in [1.807, 2.05) is 13.0 Å². The summed E-state index contributed by atoms with van der Waals surface area (Å²) in [5.74, 6) is -0.603. The summed E-state index contributed by atoms with van der Waals surface area (Å²) in [6, 6.07) is 0. The molecule has 0 rings (SSSR count). The van der Waals surface area contributed by atoms with Crippen LogP contribution in [0.15, 0.2) is 12.2 Å². The minimum atomic E-state index is -1.86. The molecular formula is C7H10Cl3NO. The third-order valence-corrected chi connectivity index (χ3v) is 1.56. The molecule has 0 spiro atoms. The Hall–Kier alpha value is 0.0800. The van der Waals surface area contributed by atoms with Gasteiger partial charge in [0.05, 0.1) is 0 Å². The molecule has 5 heteroatoms. The lowest BCUT2D eigenvalue weighted by Gasteiger charge is -2.09. The number of alkyl halides is 3. The average Bonchev–Trinajstić information content (AvgIpc) is 1.96. The Balaban J connectivity index is 3.66. The average molecular weight is 231 g/mol. The molecule has 0 aliphatic heterocycles. The first-order valence-electron chi connectivity index (χ1n) is 3.48. The second-order valence-corrected chi connectivity index (χ2v) is 4.37. The van der Waals surface area contributed by atoms with Gasteiger partial charge in [-0.05, 0) is 6.42 Å². The highest BCUT2D eigenvalue weighted by Crippen LogP contribution is 2.25. The van der Waals surface area contributed by atoms with Crippen LogP contribution >= 0.6 is 34.8 Å². The molecule has 0 radical (unpaired) electrons. The Labute approximate surface area is 86.9 Å². The summed E-state index contributed by atoms with van der Waals surface area (Å²) in [6.45, 7) is 2.38. The summed E-state index contributed by atoms with van der Waals surface area (Å²) in [6.07, 6.45) is 4.64. The molecule has 0 fully saturated rings. The monoisotopic (exact) mass is 229 g/mol. The topological polar surface area (TPSA) is 29.1 Å². The molecular weight excluding hydrogens is 220 g/mol. The van der Waals surface area contributed by atoms with Crippen LogP contribution < -0.4 is 5.32 Å². The molecule has 2 nitrogen and oxygen atoms in total. The van der Waals surface area contributed by atoms with E-state index >= 15 is 0 Å². The van der Waals surface area contributed by atoms with E-state index in [4.69, 9.17) is 34.8 Å². The van der Waals surface area contributed by atoms with Crippen molar-refractivity contribution in [2.75, 3.05) is 6.54 Å². The number of halogens is 3. The highest BCUT2D eigenvalue weighted by Gasteiger charge is 2.29. The third-order valence-electron chi connectivity index (χ3n) is 1.04. The third kappa shape index (κ3) is 5.70. The van der Waals surface area contributed by atoms with E-state index in [9.17, 15) is 4.79 Å². The largest absolute Gasteiger partial charge is 0.349 e. The maximum atomic E-state index is 10.9. The van der Waals surface area contributed by atoms with Crippen molar-refractivity contribution in [3.8, 4) is 0 Å². The van der Waals surface area contributed by atoms with Gasteiger partial charge in [-0.25, -0.2) is 0 Å². The first-order chi connectivity index (χ1) is 5.48. The van der Waals surface area contributed by atoms with E-state index in [2.05, 4.69) is 5.32 Å². The molecule has 0 saturated heterocycles. The zero-order valence-corrected chi connectivity index (χ0v) is 8.88. The molecule has 12 heavy (non-hydrogen) atoms. The molecule has 0 aromatic carbocycles. The molecule has 0 unspecified atom stereocenters. The quantitative estimate of drug-likeness (QED) is 0.586. The van der Waals surface area contributed by atoms with Crippen molar-refractivity contribution in [3.63, 3.8) is 0 Å². The van der Waals surface area contributed by atoms with Crippen LogP contribution in [0.25, 0.3) is 0 Å². The fourth-order valence-corrected chi connectivity index (χ4v) is 0.702. The second kappa shape index (κ2) is 5.68. The van der Waals surface area contributed by atoms with Crippen LogP contribution in [0.2, 0.25) is 0 Å². The van der Waals surface area contributed by atoms with Crippen LogP contribution in [0.4, 0.5) is 0 Å². The summed E-state index contributed by atoms with van der Waals surface area (Å²) in [5.41, 5.74) is 0. The first-order valence-corrected chi connectivity index (χ1v) is 4.62. The normalized spacial score (nSPS) is 12.0. The molecule has 1 N–H and O–H groups in total. The van der Waals surface area contributed by atoms with Crippen molar-refractivity contribution in [1.82, 2.24) is 5.32 Å². The molecule has 0 atom stereocenters. The first kappa shape index (κ1) is 12.1.